The highest BCUT2D eigenvalue weighted by Crippen LogP contribution is 2.22. The Bertz CT molecular complexity index is 511. The van der Waals surface area contributed by atoms with Crippen LogP contribution in [0.1, 0.15) is 4.88 Å². The first-order valence-electron chi connectivity index (χ1n) is 4.96. The molecule has 2 heterocycles. The molecule has 2 aromatic rings. The Hall–Kier alpha value is -1.45. The van der Waals surface area contributed by atoms with E-state index in [4.69, 9.17) is 10.6 Å². The topological polar surface area (TPSA) is 98.0 Å². The second-order valence-electron chi connectivity index (χ2n) is 3.17. The van der Waals surface area contributed by atoms with E-state index in [0.29, 0.717) is 12.5 Å². The number of aromatic nitrogens is 3. The van der Waals surface area contributed by atoms with Crippen molar-refractivity contribution in [2.75, 3.05) is 17.9 Å². The lowest BCUT2D eigenvalue weighted by molar-refractivity contribution is 0.379. The lowest BCUT2D eigenvalue weighted by atomic mass is 10.5. The van der Waals surface area contributed by atoms with Crippen LogP contribution in [0, 0.1) is 0 Å². The van der Waals surface area contributed by atoms with E-state index in [9.17, 15) is 0 Å². The number of ether oxygens (including phenoxy) is 1. The molecule has 0 aliphatic heterocycles. The number of rotatable bonds is 5. The number of nitrogen functional groups attached to an aromatic ring is 1. The average molecular weight is 331 g/mol. The maximum absolute atomic E-state index is 5.26. The first-order valence-corrected chi connectivity index (χ1v) is 6.57. The summed E-state index contributed by atoms with van der Waals surface area (Å²) in [6, 6.07) is 4.21. The Morgan fingerprint density at radius 2 is 2.11 bits per heavy atom. The molecule has 2 aromatic heterocycles. The molecule has 0 spiro atoms. The number of nitrogens with two attached hydrogens (primary N) is 1. The number of hydrogen-bond acceptors (Lipinski definition) is 8. The number of hydrogen-bond donors (Lipinski definition) is 3. The molecule has 0 saturated carbocycles. The molecular weight excluding hydrogens is 320 g/mol. The van der Waals surface area contributed by atoms with Gasteiger partial charge in [-0.1, -0.05) is 0 Å². The van der Waals surface area contributed by atoms with Crippen molar-refractivity contribution in [3.63, 3.8) is 0 Å². The Morgan fingerprint density at radius 1 is 1.33 bits per heavy atom. The molecule has 0 saturated heterocycles. The van der Waals surface area contributed by atoms with Crippen LogP contribution < -0.4 is 21.3 Å². The predicted molar refractivity (Wildman–Crippen MR) is 73.5 cm³/mol. The minimum Gasteiger partial charge on any atom is -0.467 e. The van der Waals surface area contributed by atoms with Crippen molar-refractivity contribution in [3.05, 3.63) is 20.8 Å². The normalized spacial score (nSPS) is 10.2. The van der Waals surface area contributed by atoms with Gasteiger partial charge in [0.2, 0.25) is 11.9 Å². The third-order valence-electron chi connectivity index (χ3n) is 1.98. The molecule has 0 radical (unpaired) electrons. The van der Waals surface area contributed by atoms with E-state index in [1.807, 2.05) is 12.1 Å². The van der Waals surface area contributed by atoms with Crippen molar-refractivity contribution in [1.82, 2.24) is 15.0 Å². The van der Waals surface area contributed by atoms with Crippen molar-refractivity contribution < 1.29 is 4.74 Å². The fourth-order valence-electron chi connectivity index (χ4n) is 1.20. The van der Waals surface area contributed by atoms with Crippen LogP contribution in [-0.4, -0.2) is 22.1 Å². The van der Waals surface area contributed by atoms with Crippen molar-refractivity contribution in [2.24, 2.45) is 5.84 Å². The first-order chi connectivity index (χ1) is 8.71. The molecule has 18 heavy (non-hydrogen) atoms. The number of hydrazine groups is 1. The summed E-state index contributed by atoms with van der Waals surface area (Å²) >= 11 is 5.05. The SMILES string of the molecule is COc1nc(NN)nc(NCc2ccc(Br)s2)n1. The summed E-state index contributed by atoms with van der Waals surface area (Å²) in [5.41, 5.74) is 2.36. The van der Waals surface area contributed by atoms with E-state index < -0.39 is 0 Å². The van der Waals surface area contributed by atoms with Gasteiger partial charge >= 0.3 is 6.01 Å². The molecule has 9 heteroatoms. The molecule has 0 atom stereocenters. The summed E-state index contributed by atoms with van der Waals surface area (Å²) in [7, 11) is 1.48. The molecule has 4 N–H and O–H groups in total. The molecule has 2 rings (SSSR count). The van der Waals surface area contributed by atoms with Gasteiger partial charge in [0.15, 0.2) is 0 Å². The Kier molecular flexibility index (Phi) is 4.28. The van der Waals surface area contributed by atoms with Gasteiger partial charge in [-0.25, -0.2) is 5.84 Å². The van der Waals surface area contributed by atoms with Crippen molar-refractivity contribution in [1.29, 1.82) is 0 Å². The van der Waals surface area contributed by atoms with Crippen LogP contribution in [0.2, 0.25) is 0 Å². The molecule has 7 nitrogen and oxygen atoms in total. The van der Waals surface area contributed by atoms with Gasteiger partial charge in [0, 0.05) is 4.88 Å². The number of methoxy groups -OCH3 is 1. The van der Waals surface area contributed by atoms with Gasteiger partial charge in [0.05, 0.1) is 17.4 Å². The second-order valence-corrected chi connectivity index (χ2v) is 5.72. The van der Waals surface area contributed by atoms with Gasteiger partial charge in [-0.15, -0.1) is 11.3 Å². The quantitative estimate of drug-likeness (QED) is 0.565. The maximum atomic E-state index is 5.26. The predicted octanol–water partition coefficient (Wildman–Crippen LogP) is 1.60. The number of anilines is 2. The zero-order chi connectivity index (χ0) is 13.0. The lowest BCUT2D eigenvalue weighted by Crippen LogP contribution is -2.13. The highest BCUT2D eigenvalue weighted by atomic mass is 79.9. The lowest BCUT2D eigenvalue weighted by Gasteiger charge is -2.06. The van der Waals surface area contributed by atoms with Crippen LogP contribution >= 0.6 is 27.3 Å². The maximum Gasteiger partial charge on any atom is 0.322 e. The smallest absolute Gasteiger partial charge is 0.322 e. The van der Waals surface area contributed by atoms with Crippen molar-refractivity contribution >= 4 is 39.2 Å². The van der Waals surface area contributed by atoms with Crippen molar-refractivity contribution in [3.8, 4) is 6.01 Å². The highest BCUT2D eigenvalue weighted by molar-refractivity contribution is 9.11. The molecule has 0 aliphatic rings. The van der Waals surface area contributed by atoms with Crippen LogP contribution in [0.25, 0.3) is 0 Å². The number of nitrogens with zero attached hydrogens (tertiary/aromatic N) is 3. The van der Waals surface area contributed by atoms with Gasteiger partial charge in [-0.05, 0) is 28.1 Å². The fraction of sp³-hybridized carbons (Fsp3) is 0.222. The van der Waals surface area contributed by atoms with E-state index in [1.165, 1.54) is 7.11 Å². The molecule has 0 unspecified atom stereocenters. The summed E-state index contributed by atoms with van der Waals surface area (Å²) < 4.78 is 6.03. The van der Waals surface area contributed by atoms with E-state index in [2.05, 4.69) is 41.6 Å². The summed E-state index contributed by atoms with van der Waals surface area (Å²) in [6.07, 6.45) is 0. The Balaban J connectivity index is 2.08. The molecule has 0 aliphatic carbocycles. The van der Waals surface area contributed by atoms with Crippen LogP contribution in [0.5, 0.6) is 6.01 Å². The summed E-state index contributed by atoms with van der Waals surface area (Å²) in [5, 5.41) is 3.08. The van der Waals surface area contributed by atoms with Gasteiger partial charge in [0.1, 0.15) is 0 Å². The van der Waals surface area contributed by atoms with E-state index in [1.54, 1.807) is 11.3 Å². The van der Waals surface area contributed by atoms with Gasteiger partial charge in [0.25, 0.3) is 0 Å². The molecule has 96 valence electrons. The average Bonchev–Trinajstić information content (AvgIpc) is 2.81. The second kappa shape index (κ2) is 5.94. The Labute approximate surface area is 116 Å². The van der Waals surface area contributed by atoms with Gasteiger partial charge in [-0.3, -0.25) is 5.43 Å². The third kappa shape index (κ3) is 3.28. The number of nitrogens with one attached hydrogen (secondary N) is 2. The largest absolute Gasteiger partial charge is 0.467 e. The van der Waals surface area contributed by atoms with Crippen LogP contribution in [-0.2, 0) is 6.54 Å². The van der Waals surface area contributed by atoms with Gasteiger partial charge in [-0.2, -0.15) is 15.0 Å². The van der Waals surface area contributed by atoms with Gasteiger partial charge < -0.3 is 10.1 Å². The van der Waals surface area contributed by atoms with E-state index in [0.717, 1.165) is 8.66 Å². The monoisotopic (exact) mass is 330 g/mol. The summed E-state index contributed by atoms with van der Waals surface area (Å²) in [6.45, 7) is 0.618. The van der Waals surface area contributed by atoms with Crippen LogP contribution in [0.3, 0.4) is 0 Å². The summed E-state index contributed by atoms with van der Waals surface area (Å²) in [4.78, 5) is 13.2. The minimum atomic E-state index is 0.202. The van der Waals surface area contributed by atoms with Crippen LogP contribution in [0.4, 0.5) is 11.9 Å². The first kappa shape index (κ1) is 13.0. The molecule has 0 fully saturated rings. The molecule has 0 bridgehead atoms. The van der Waals surface area contributed by atoms with E-state index >= 15 is 0 Å². The van der Waals surface area contributed by atoms with Crippen LogP contribution in [0.15, 0.2) is 15.9 Å². The molecular formula is C9H11BrN6OS. The minimum absolute atomic E-state index is 0.202. The zero-order valence-electron chi connectivity index (χ0n) is 9.48. The van der Waals surface area contributed by atoms with E-state index in [-0.39, 0.29) is 12.0 Å². The van der Waals surface area contributed by atoms with Crippen molar-refractivity contribution in [2.45, 2.75) is 6.54 Å². The molecule has 0 amide bonds. The molecule has 0 aromatic carbocycles. The standard InChI is InChI=1S/C9H11BrN6OS/c1-17-9-14-7(13-8(15-9)16-11)12-4-5-2-3-6(10)18-5/h2-3H,4,11H2,1H3,(H2,12,13,14,15,16). The fourth-order valence-corrected chi connectivity index (χ4v) is 2.63. The number of thiophene rings is 1. The third-order valence-corrected chi connectivity index (χ3v) is 3.60. The number of halogens is 1. The Morgan fingerprint density at radius 3 is 2.72 bits per heavy atom. The highest BCUT2D eigenvalue weighted by Gasteiger charge is 2.06. The summed E-state index contributed by atoms with van der Waals surface area (Å²) in [5.74, 6) is 5.91. The zero-order valence-corrected chi connectivity index (χ0v) is 11.9.